The number of benzene rings is 2. The van der Waals surface area contributed by atoms with Crippen LogP contribution >= 0.6 is 23.2 Å². The molecule has 28 heavy (non-hydrogen) atoms. The van der Waals surface area contributed by atoms with Crippen molar-refractivity contribution >= 4 is 35.1 Å². The summed E-state index contributed by atoms with van der Waals surface area (Å²) in [5.74, 6) is -1.45. The van der Waals surface area contributed by atoms with Gasteiger partial charge in [0.15, 0.2) is 0 Å². The molecule has 0 aromatic heterocycles. The maximum atomic E-state index is 13.3. The summed E-state index contributed by atoms with van der Waals surface area (Å²) in [7, 11) is 0. The maximum absolute atomic E-state index is 13.3. The Labute approximate surface area is 174 Å². The Morgan fingerprint density at radius 3 is 2.54 bits per heavy atom. The Kier molecular flexibility index (Phi) is 6.94. The summed E-state index contributed by atoms with van der Waals surface area (Å²) in [6, 6.07) is 13.0. The monoisotopic (exact) mass is 420 g/mol. The SMILES string of the molecule is O=C(O)[C@H](Cc1ccccc1)N(C[C@@H]1CCCN1)C(=O)c1ccc(Cl)cc1Cl. The van der Waals surface area contributed by atoms with Crippen molar-refractivity contribution in [2.75, 3.05) is 13.1 Å². The summed E-state index contributed by atoms with van der Waals surface area (Å²) < 4.78 is 0. The number of hydrogen-bond donors (Lipinski definition) is 2. The third kappa shape index (κ3) is 5.04. The molecule has 148 valence electrons. The first-order valence-electron chi connectivity index (χ1n) is 9.22. The smallest absolute Gasteiger partial charge is 0.326 e. The Morgan fingerprint density at radius 2 is 1.93 bits per heavy atom. The van der Waals surface area contributed by atoms with Crippen LogP contribution < -0.4 is 5.32 Å². The predicted octanol–water partition coefficient (Wildman–Crippen LogP) is 3.88. The molecule has 0 radical (unpaired) electrons. The van der Waals surface area contributed by atoms with Crippen LogP contribution in [0.5, 0.6) is 0 Å². The number of nitrogens with zero attached hydrogens (tertiary/aromatic N) is 1. The molecule has 1 aliphatic heterocycles. The van der Waals surface area contributed by atoms with Crippen molar-refractivity contribution in [2.45, 2.75) is 31.3 Å². The molecular weight excluding hydrogens is 399 g/mol. The minimum atomic E-state index is -1.04. The van der Waals surface area contributed by atoms with Crippen molar-refractivity contribution in [1.82, 2.24) is 10.2 Å². The van der Waals surface area contributed by atoms with Gasteiger partial charge in [-0.3, -0.25) is 4.79 Å². The molecule has 2 atom stereocenters. The number of rotatable bonds is 7. The van der Waals surface area contributed by atoms with Gasteiger partial charge in [-0.05, 0) is 43.1 Å². The molecule has 1 heterocycles. The molecular formula is C21H22Cl2N2O3. The average Bonchev–Trinajstić information content (AvgIpc) is 3.18. The first-order chi connectivity index (χ1) is 13.5. The molecule has 0 unspecified atom stereocenters. The molecule has 1 fully saturated rings. The third-order valence-corrected chi connectivity index (χ3v) is 5.48. The lowest BCUT2D eigenvalue weighted by atomic mass is 10.0. The fourth-order valence-corrected chi connectivity index (χ4v) is 3.98. The number of carboxylic acids is 1. The number of carbonyl (C=O) groups is 2. The molecule has 1 aliphatic rings. The number of carboxylic acid groups (broad SMARTS) is 1. The molecule has 2 N–H and O–H groups in total. The number of amides is 1. The molecule has 5 nitrogen and oxygen atoms in total. The molecule has 3 rings (SSSR count). The fourth-order valence-electron chi connectivity index (χ4n) is 3.49. The van der Waals surface area contributed by atoms with E-state index in [0.717, 1.165) is 24.9 Å². The van der Waals surface area contributed by atoms with Crippen LogP contribution in [0.3, 0.4) is 0 Å². The molecule has 0 saturated carbocycles. The van der Waals surface area contributed by atoms with Gasteiger partial charge in [0, 0.05) is 24.0 Å². The lowest BCUT2D eigenvalue weighted by Gasteiger charge is -2.32. The zero-order valence-corrected chi connectivity index (χ0v) is 16.8. The van der Waals surface area contributed by atoms with Gasteiger partial charge in [-0.25, -0.2) is 4.79 Å². The standard InChI is InChI=1S/C21H22Cl2N2O3/c22-15-8-9-17(18(23)12-15)20(26)25(13-16-7-4-10-24-16)19(21(27)28)11-14-5-2-1-3-6-14/h1-3,5-6,8-9,12,16,19,24H,4,7,10-11,13H2,(H,27,28)/t16-,19-/m0/s1. The van der Waals surface area contributed by atoms with Crippen LogP contribution in [0.25, 0.3) is 0 Å². The Hall–Kier alpha value is -2.08. The summed E-state index contributed by atoms with van der Waals surface area (Å²) in [4.78, 5) is 26.9. The second-order valence-corrected chi connectivity index (χ2v) is 7.76. The van der Waals surface area contributed by atoms with Gasteiger partial charge in [0.1, 0.15) is 6.04 Å². The van der Waals surface area contributed by atoms with Crippen LogP contribution in [0.15, 0.2) is 48.5 Å². The highest BCUT2D eigenvalue weighted by atomic mass is 35.5. The fraction of sp³-hybridized carbons (Fsp3) is 0.333. The maximum Gasteiger partial charge on any atom is 0.326 e. The summed E-state index contributed by atoms with van der Waals surface area (Å²) in [5.41, 5.74) is 1.11. The van der Waals surface area contributed by atoms with E-state index in [9.17, 15) is 14.7 Å². The van der Waals surface area contributed by atoms with E-state index in [1.807, 2.05) is 30.3 Å². The summed E-state index contributed by atoms with van der Waals surface area (Å²) >= 11 is 12.2. The van der Waals surface area contributed by atoms with E-state index in [4.69, 9.17) is 23.2 Å². The van der Waals surface area contributed by atoms with E-state index < -0.39 is 17.9 Å². The zero-order chi connectivity index (χ0) is 20.1. The van der Waals surface area contributed by atoms with Gasteiger partial charge >= 0.3 is 5.97 Å². The number of halogens is 2. The number of aliphatic carboxylic acids is 1. The van der Waals surface area contributed by atoms with Crippen molar-refractivity contribution in [2.24, 2.45) is 0 Å². The molecule has 0 spiro atoms. The lowest BCUT2D eigenvalue weighted by Crippen LogP contribution is -2.51. The number of hydrogen-bond acceptors (Lipinski definition) is 3. The second kappa shape index (κ2) is 9.41. The van der Waals surface area contributed by atoms with Gasteiger partial charge in [-0.2, -0.15) is 0 Å². The first-order valence-corrected chi connectivity index (χ1v) is 9.97. The van der Waals surface area contributed by atoms with Crippen LogP contribution in [0, 0.1) is 0 Å². The Balaban J connectivity index is 1.93. The average molecular weight is 421 g/mol. The van der Waals surface area contributed by atoms with E-state index in [1.54, 1.807) is 12.1 Å². The highest BCUT2D eigenvalue weighted by Gasteiger charge is 2.33. The predicted molar refractivity (Wildman–Crippen MR) is 110 cm³/mol. The van der Waals surface area contributed by atoms with Gasteiger partial charge in [-0.15, -0.1) is 0 Å². The highest BCUT2D eigenvalue weighted by Crippen LogP contribution is 2.24. The van der Waals surface area contributed by atoms with Gasteiger partial charge in [0.05, 0.1) is 10.6 Å². The molecule has 0 aliphatic carbocycles. The summed E-state index contributed by atoms with van der Waals surface area (Å²) in [6.45, 7) is 1.17. The zero-order valence-electron chi connectivity index (χ0n) is 15.3. The molecule has 7 heteroatoms. The Bertz CT molecular complexity index is 839. The van der Waals surface area contributed by atoms with Gasteiger partial charge in [0.25, 0.3) is 5.91 Å². The van der Waals surface area contributed by atoms with E-state index in [2.05, 4.69) is 5.32 Å². The van der Waals surface area contributed by atoms with Gasteiger partial charge < -0.3 is 15.3 Å². The summed E-state index contributed by atoms with van der Waals surface area (Å²) in [5, 5.41) is 13.9. The normalized spacial score (nSPS) is 17.3. The Morgan fingerprint density at radius 1 is 1.18 bits per heavy atom. The van der Waals surface area contributed by atoms with Crippen molar-refractivity contribution in [3.8, 4) is 0 Å². The van der Waals surface area contributed by atoms with Gasteiger partial charge in [0.2, 0.25) is 0 Å². The number of carbonyl (C=O) groups excluding carboxylic acids is 1. The molecule has 1 amide bonds. The highest BCUT2D eigenvalue weighted by molar-refractivity contribution is 6.36. The van der Waals surface area contributed by atoms with Crippen LogP contribution in [-0.2, 0) is 11.2 Å². The van der Waals surface area contributed by atoms with Gasteiger partial charge in [-0.1, -0.05) is 53.5 Å². The number of nitrogens with one attached hydrogen (secondary N) is 1. The molecule has 2 aromatic rings. The minimum absolute atomic E-state index is 0.0626. The largest absolute Gasteiger partial charge is 0.480 e. The summed E-state index contributed by atoms with van der Waals surface area (Å²) in [6.07, 6.45) is 2.13. The van der Waals surface area contributed by atoms with E-state index >= 15 is 0 Å². The minimum Gasteiger partial charge on any atom is -0.480 e. The van der Waals surface area contributed by atoms with E-state index in [-0.39, 0.29) is 23.0 Å². The van der Waals surface area contributed by atoms with Crippen LogP contribution in [-0.4, -0.2) is 47.1 Å². The van der Waals surface area contributed by atoms with Crippen molar-refractivity contribution in [1.29, 1.82) is 0 Å². The molecule has 0 bridgehead atoms. The quantitative estimate of drug-likeness (QED) is 0.712. The van der Waals surface area contributed by atoms with E-state index in [0.29, 0.717) is 11.6 Å². The van der Waals surface area contributed by atoms with Crippen LogP contribution in [0.2, 0.25) is 10.0 Å². The van der Waals surface area contributed by atoms with Crippen LogP contribution in [0.1, 0.15) is 28.8 Å². The van der Waals surface area contributed by atoms with E-state index in [1.165, 1.54) is 11.0 Å². The van der Waals surface area contributed by atoms with Crippen LogP contribution in [0.4, 0.5) is 0 Å². The third-order valence-electron chi connectivity index (χ3n) is 4.94. The molecule has 2 aromatic carbocycles. The molecule has 1 saturated heterocycles. The van der Waals surface area contributed by atoms with Crippen molar-refractivity contribution in [3.05, 3.63) is 69.7 Å². The van der Waals surface area contributed by atoms with Crippen molar-refractivity contribution < 1.29 is 14.7 Å². The topological polar surface area (TPSA) is 69.6 Å². The second-order valence-electron chi connectivity index (χ2n) is 6.92. The first kappa shape index (κ1) is 20.6. The van der Waals surface area contributed by atoms with Crippen molar-refractivity contribution in [3.63, 3.8) is 0 Å². The lowest BCUT2D eigenvalue weighted by molar-refractivity contribution is -0.142.